The van der Waals surface area contributed by atoms with Crippen LogP contribution in [0.3, 0.4) is 0 Å². The summed E-state index contributed by atoms with van der Waals surface area (Å²) < 4.78 is 9.25. The molecular weight excluding hydrogens is 87.0 g/mol. The summed E-state index contributed by atoms with van der Waals surface area (Å²) in [4.78, 5) is 0. The third-order valence-corrected chi connectivity index (χ3v) is 0.572. The van der Waals surface area contributed by atoms with Gasteiger partial charge in [-0.15, -0.1) is 0 Å². The normalized spacial score (nSPS) is 16.9. The Labute approximate surface area is 54.7 Å². The molecule has 34 valence electrons. The van der Waals surface area contributed by atoms with Crippen LogP contribution in [0, 0.1) is 6.58 Å². The Morgan fingerprint density at radius 1 is 1.29 bits per heavy atom. The largest absolute Gasteiger partial charge is 1.00 e. The van der Waals surface area contributed by atoms with Crippen LogP contribution in [0.4, 0.5) is 0 Å². The molecule has 2 nitrogen and oxygen atoms in total. The molecule has 0 aromatic rings. The topological polar surface area (TPSA) is 18.5 Å². The van der Waals surface area contributed by atoms with Crippen LogP contribution in [0.25, 0.3) is 0 Å². The Kier molecular flexibility index (Phi) is 2.98. The molecule has 3 heteroatoms. The van der Waals surface area contributed by atoms with Crippen LogP contribution in [-0.2, 0) is 9.47 Å². The predicted molar refractivity (Wildman–Crippen MR) is 19.7 cm³/mol. The van der Waals surface area contributed by atoms with Gasteiger partial charge in [-0.1, -0.05) is 0 Å². The van der Waals surface area contributed by atoms with Gasteiger partial charge in [0.2, 0.25) is 0 Å². The van der Waals surface area contributed by atoms with Crippen molar-refractivity contribution in [3.05, 3.63) is 12.5 Å². The first kappa shape index (κ1) is 6.94. The van der Waals surface area contributed by atoms with Crippen molar-refractivity contribution in [2.45, 2.75) is 0 Å². The van der Waals surface area contributed by atoms with Crippen molar-refractivity contribution < 1.29 is 28.3 Å². The van der Waals surface area contributed by atoms with Crippen LogP contribution < -0.4 is 18.9 Å². The molecule has 1 fully saturated rings. The minimum atomic E-state index is 0. The Bertz CT molecular complexity index is 64.1. The summed E-state index contributed by atoms with van der Waals surface area (Å²) in [5.41, 5.74) is 0. The summed E-state index contributed by atoms with van der Waals surface area (Å²) in [5.74, 6) is 0.204. The van der Waals surface area contributed by atoms with Crippen molar-refractivity contribution in [3.8, 4) is 0 Å². The molecule has 0 atom stereocenters. The van der Waals surface area contributed by atoms with Crippen molar-refractivity contribution in [1.29, 1.82) is 0 Å². The van der Waals surface area contributed by atoms with Gasteiger partial charge in [-0.25, -0.2) is 0 Å². The van der Waals surface area contributed by atoms with Crippen molar-refractivity contribution in [1.82, 2.24) is 0 Å². The van der Waals surface area contributed by atoms with E-state index in [4.69, 9.17) is 6.58 Å². The molecule has 0 amide bonds. The summed E-state index contributed by atoms with van der Waals surface area (Å²) in [6.07, 6.45) is 0. The minimum absolute atomic E-state index is 0. The van der Waals surface area contributed by atoms with E-state index in [1.807, 2.05) is 0 Å². The van der Waals surface area contributed by atoms with Crippen LogP contribution in [0.15, 0.2) is 5.95 Å². The van der Waals surface area contributed by atoms with E-state index >= 15 is 0 Å². The number of rotatable bonds is 0. The zero-order valence-corrected chi connectivity index (χ0v) is 4.31. The second kappa shape index (κ2) is 3.01. The Balaban J connectivity index is 0.000000360. The molecule has 0 aromatic heterocycles. The smallest absolute Gasteiger partial charge is 0.492 e. The van der Waals surface area contributed by atoms with E-state index in [0.29, 0.717) is 13.2 Å². The second-order valence-electron chi connectivity index (χ2n) is 1.02. The maximum absolute atomic E-state index is 5.01. The van der Waals surface area contributed by atoms with E-state index in [-0.39, 0.29) is 24.8 Å². The summed E-state index contributed by atoms with van der Waals surface area (Å²) in [5, 5.41) is 0. The van der Waals surface area contributed by atoms with Gasteiger partial charge in [0, 0.05) is 0 Å². The van der Waals surface area contributed by atoms with Gasteiger partial charge in [-0.3, -0.25) is 0 Å². The van der Waals surface area contributed by atoms with Gasteiger partial charge in [0.05, 0.1) is 5.95 Å². The van der Waals surface area contributed by atoms with E-state index in [2.05, 4.69) is 9.47 Å². The van der Waals surface area contributed by atoms with Gasteiger partial charge in [-0.2, -0.15) is 0 Å². The maximum Gasteiger partial charge on any atom is 1.00 e. The zero-order chi connectivity index (χ0) is 4.41. The van der Waals surface area contributed by atoms with Gasteiger partial charge in [0.1, 0.15) is 13.2 Å². The number of ether oxygens (including phenoxy) is 2. The van der Waals surface area contributed by atoms with Crippen LogP contribution in [0.5, 0.6) is 0 Å². The third kappa shape index (κ3) is 1.91. The molecule has 7 heavy (non-hydrogen) atoms. The molecule has 1 rings (SSSR count). The summed E-state index contributed by atoms with van der Waals surface area (Å²) >= 11 is 0. The van der Waals surface area contributed by atoms with E-state index < -0.39 is 0 Å². The fraction of sp³-hybridized carbons (Fsp3) is 0.500. The molecule has 0 radical (unpaired) electrons. The molecule has 0 spiro atoms. The Hall–Kier alpha value is -0.0626. The predicted octanol–water partition coefficient (Wildman–Crippen LogP) is -2.69. The van der Waals surface area contributed by atoms with Gasteiger partial charge in [0.25, 0.3) is 0 Å². The summed E-state index contributed by atoms with van der Waals surface area (Å²) in [6.45, 7) is 6.21. The van der Waals surface area contributed by atoms with Gasteiger partial charge in [-0.05, 0) is 0 Å². The molecule has 0 N–H and O–H groups in total. The van der Waals surface area contributed by atoms with Gasteiger partial charge < -0.3 is 16.1 Å². The number of hydrogen-bond donors (Lipinski definition) is 0. The standard InChI is InChI=1S/C4H5O2.Li/c1-4-5-2-3-6-4;/h1H,2-3H2;/q-1;+1. The molecule has 0 bridgehead atoms. The van der Waals surface area contributed by atoms with Crippen LogP contribution in [0.2, 0.25) is 0 Å². The van der Waals surface area contributed by atoms with Crippen molar-refractivity contribution in [2.75, 3.05) is 13.2 Å². The van der Waals surface area contributed by atoms with E-state index in [1.165, 1.54) is 0 Å². The zero-order valence-electron chi connectivity index (χ0n) is 4.31. The molecule has 0 saturated carbocycles. The van der Waals surface area contributed by atoms with Crippen LogP contribution in [-0.4, -0.2) is 13.2 Å². The summed E-state index contributed by atoms with van der Waals surface area (Å²) in [6, 6.07) is 0. The molecule has 1 aliphatic rings. The maximum atomic E-state index is 5.01. The van der Waals surface area contributed by atoms with E-state index in [0.717, 1.165) is 0 Å². The first-order chi connectivity index (χ1) is 2.89. The SMILES string of the molecule is [CH-]=C1OCCO1.[Li+]. The molecule has 1 aliphatic heterocycles. The molecule has 1 saturated heterocycles. The minimum Gasteiger partial charge on any atom is -0.492 e. The third-order valence-electron chi connectivity index (χ3n) is 0.572. The van der Waals surface area contributed by atoms with E-state index in [9.17, 15) is 0 Å². The fourth-order valence-corrected chi connectivity index (χ4v) is 0.326. The quantitative estimate of drug-likeness (QED) is 0.239. The first-order valence-electron chi connectivity index (χ1n) is 1.77. The monoisotopic (exact) mass is 92.0 g/mol. The first-order valence-corrected chi connectivity index (χ1v) is 1.77. The molecular formula is C4H5LiO2. The van der Waals surface area contributed by atoms with Gasteiger partial charge in [0.15, 0.2) is 0 Å². The second-order valence-corrected chi connectivity index (χ2v) is 1.02. The molecule has 0 unspecified atom stereocenters. The van der Waals surface area contributed by atoms with Crippen molar-refractivity contribution in [3.63, 3.8) is 0 Å². The van der Waals surface area contributed by atoms with Gasteiger partial charge >= 0.3 is 18.9 Å². The summed E-state index contributed by atoms with van der Waals surface area (Å²) in [7, 11) is 0. The Morgan fingerprint density at radius 2 is 1.71 bits per heavy atom. The molecule has 0 aliphatic carbocycles. The number of hydrogen-bond acceptors (Lipinski definition) is 2. The molecule has 0 aromatic carbocycles. The fourth-order valence-electron chi connectivity index (χ4n) is 0.326. The van der Waals surface area contributed by atoms with Crippen LogP contribution in [0.1, 0.15) is 0 Å². The Morgan fingerprint density at radius 3 is 1.86 bits per heavy atom. The van der Waals surface area contributed by atoms with Crippen LogP contribution >= 0.6 is 0 Å². The van der Waals surface area contributed by atoms with Crippen molar-refractivity contribution >= 4 is 0 Å². The van der Waals surface area contributed by atoms with Crippen molar-refractivity contribution in [2.24, 2.45) is 0 Å². The van der Waals surface area contributed by atoms with E-state index in [1.54, 1.807) is 0 Å². The molecule has 1 heterocycles. The average Bonchev–Trinajstić information content (AvgIpc) is 1.86. The average molecular weight is 92.0 g/mol.